The molecular weight excluding hydrogens is 671 g/mol. The standard InChI is InChI=1S/C24H26N2O4.C7H7O.Os/c1-14-21(16(3)27)23(19-6-4-8-20-18(19)7-5-11-25-20)22(15(2)26-14)24(28)30-17-9-12-29-13-10-17;1-8-7-5-3-2-4-6-7;/h4-8,11,14,17,21,23,26H,1,3,9-10,12-13H2,2H3;2-5H,1H3;/q-2;-1;/t14?,21?,23-;;/m0../s1. The number of ketones is 1. The molecule has 0 radical (unpaired) electrons. The molecule has 1 N–H and O–H groups in total. The van der Waals surface area contributed by atoms with Crippen molar-refractivity contribution < 1.29 is 43.6 Å². The molecule has 5 rings (SSSR count). The minimum absolute atomic E-state index is 0. The number of ether oxygens (including phenoxy) is 3. The van der Waals surface area contributed by atoms with Gasteiger partial charge in [-0.2, -0.15) is 18.2 Å². The molecule has 1 saturated heterocycles. The summed E-state index contributed by atoms with van der Waals surface area (Å²) in [6.07, 6.45) is 2.88. The average molecular weight is 704 g/mol. The van der Waals surface area contributed by atoms with Crippen molar-refractivity contribution in [2.24, 2.45) is 5.92 Å². The fourth-order valence-electron chi connectivity index (χ4n) is 5.04. The van der Waals surface area contributed by atoms with Gasteiger partial charge < -0.3 is 38.2 Å². The molecule has 1 aromatic heterocycles. The fourth-order valence-corrected chi connectivity index (χ4v) is 5.04. The molecular formula is C31H33N2O5Os-3. The summed E-state index contributed by atoms with van der Waals surface area (Å²) in [6, 6.07) is 19.5. The molecule has 7 nitrogen and oxygen atoms in total. The summed E-state index contributed by atoms with van der Waals surface area (Å²) in [5, 5.41) is 4.09. The van der Waals surface area contributed by atoms with E-state index in [1.54, 1.807) is 13.3 Å². The molecule has 2 unspecified atom stereocenters. The van der Waals surface area contributed by atoms with E-state index in [0.717, 1.165) is 22.2 Å². The molecule has 0 bridgehead atoms. The van der Waals surface area contributed by atoms with Crippen molar-refractivity contribution in [1.29, 1.82) is 0 Å². The predicted octanol–water partition coefficient (Wildman–Crippen LogP) is 4.63. The van der Waals surface area contributed by atoms with Crippen molar-refractivity contribution in [3.63, 3.8) is 0 Å². The van der Waals surface area contributed by atoms with E-state index in [4.69, 9.17) is 14.2 Å². The molecule has 1 fully saturated rings. The van der Waals surface area contributed by atoms with Gasteiger partial charge in [-0.25, -0.2) is 4.79 Å². The number of rotatable bonds is 5. The second kappa shape index (κ2) is 14.3. The number of Topliss-reactive ketones (excluding diaryl/α,β-unsaturated/α-hetero) is 1. The maximum absolute atomic E-state index is 13.3. The Morgan fingerprint density at radius 2 is 1.87 bits per heavy atom. The molecule has 2 aliphatic heterocycles. The number of carbonyl (C=O) groups is 2. The Balaban J connectivity index is 0.000000402. The number of carbonyl (C=O) groups excluding carboxylic acids is 2. The summed E-state index contributed by atoms with van der Waals surface area (Å²) < 4.78 is 16.1. The van der Waals surface area contributed by atoms with Crippen molar-refractivity contribution in [3.05, 3.63) is 97.5 Å². The largest absolute Gasteiger partial charge is 0.523 e. The first-order valence-corrected chi connectivity index (χ1v) is 12.7. The SMILES string of the molecule is COc1[c-]cccc1.[CH2-]C(=O)C1C([CH2-])NC(C)=C(C(=O)OC2CCOCC2)[C@H]1c1cccc2ncccc12.[Os]. The first kappa shape index (κ1) is 30.3. The number of nitrogens with one attached hydrogen (secondary N) is 1. The van der Waals surface area contributed by atoms with Crippen molar-refractivity contribution in [1.82, 2.24) is 10.3 Å². The molecule has 3 atom stereocenters. The van der Waals surface area contributed by atoms with E-state index >= 15 is 0 Å². The number of nitrogens with zero attached hydrogens (tertiary/aromatic N) is 1. The minimum Gasteiger partial charge on any atom is -0.523 e. The molecule has 8 heteroatoms. The third-order valence-electron chi connectivity index (χ3n) is 6.86. The number of hydrogen-bond acceptors (Lipinski definition) is 7. The monoisotopic (exact) mass is 705 g/mol. The predicted molar refractivity (Wildman–Crippen MR) is 145 cm³/mol. The van der Waals surface area contributed by atoms with Gasteiger partial charge in [-0.1, -0.05) is 24.2 Å². The number of allylic oxidation sites excluding steroid dienone is 1. The molecule has 0 aliphatic carbocycles. The third kappa shape index (κ3) is 7.26. The first-order valence-electron chi connectivity index (χ1n) is 12.7. The maximum atomic E-state index is 13.3. The second-order valence-corrected chi connectivity index (χ2v) is 9.32. The molecule has 0 spiro atoms. The molecule has 3 heterocycles. The van der Waals surface area contributed by atoms with Gasteiger partial charge in [-0.15, -0.1) is 12.1 Å². The van der Waals surface area contributed by atoms with Crippen LogP contribution < -0.4 is 10.1 Å². The third-order valence-corrected chi connectivity index (χ3v) is 6.86. The van der Waals surface area contributed by atoms with Crippen LogP contribution in [0.5, 0.6) is 5.75 Å². The van der Waals surface area contributed by atoms with Gasteiger partial charge in [0.2, 0.25) is 0 Å². The number of methoxy groups -OCH3 is 1. The summed E-state index contributed by atoms with van der Waals surface area (Å²) in [5.74, 6) is -1.00. The van der Waals surface area contributed by atoms with Gasteiger partial charge in [0.25, 0.3) is 0 Å². The summed E-state index contributed by atoms with van der Waals surface area (Å²) >= 11 is 0. The Kier molecular flexibility index (Phi) is 11.1. The van der Waals surface area contributed by atoms with Crippen LogP contribution in [0.4, 0.5) is 0 Å². The molecule has 2 aliphatic rings. The van der Waals surface area contributed by atoms with Crippen LogP contribution in [-0.4, -0.2) is 49.2 Å². The number of esters is 1. The van der Waals surface area contributed by atoms with Crippen LogP contribution in [0.3, 0.4) is 0 Å². The van der Waals surface area contributed by atoms with Gasteiger partial charge in [0.05, 0.1) is 31.4 Å². The second-order valence-electron chi connectivity index (χ2n) is 9.32. The molecule has 0 amide bonds. The zero-order valence-corrected chi connectivity index (χ0v) is 24.7. The number of aromatic nitrogens is 1. The molecule has 3 aromatic rings. The van der Waals surface area contributed by atoms with Gasteiger partial charge in [-0.3, -0.25) is 4.98 Å². The number of para-hydroxylation sites is 1. The van der Waals surface area contributed by atoms with Crippen molar-refractivity contribution in [2.45, 2.75) is 37.8 Å². The smallest absolute Gasteiger partial charge is 0.336 e. The van der Waals surface area contributed by atoms with Crippen molar-refractivity contribution >= 4 is 22.7 Å². The Bertz CT molecular complexity index is 1290. The minimum atomic E-state index is -0.600. The van der Waals surface area contributed by atoms with E-state index in [2.05, 4.69) is 30.2 Å². The van der Waals surface area contributed by atoms with Gasteiger partial charge in [0, 0.05) is 61.6 Å². The molecule has 0 saturated carbocycles. The van der Waals surface area contributed by atoms with Crippen LogP contribution >= 0.6 is 0 Å². The van der Waals surface area contributed by atoms with E-state index in [9.17, 15) is 9.59 Å². The maximum Gasteiger partial charge on any atom is 0.336 e. The number of fused-ring (bicyclic) bond motifs is 1. The molecule has 2 aromatic carbocycles. The Hall–Kier alpha value is -3.20. The van der Waals surface area contributed by atoms with Crippen LogP contribution in [0.2, 0.25) is 0 Å². The van der Waals surface area contributed by atoms with Crippen LogP contribution in [0.25, 0.3) is 10.9 Å². The van der Waals surface area contributed by atoms with E-state index in [-0.39, 0.29) is 31.7 Å². The van der Waals surface area contributed by atoms with E-state index < -0.39 is 23.8 Å². The quantitative estimate of drug-likeness (QED) is 0.307. The van der Waals surface area contributed by atoms with Crippen molar-refractivity contribution in [3.8, 4) is 5.75 Å². The van der Waals surface area contributed by atoms with Gasteiger partial charge in [0.15, 0.2) is 0 Å². The summed E-state index contributed by atoms with van der Waals surface area (Å²) in [7, 11) is 1.63. The summed E-state index contributed by atoms with van der Waals surface area (Å²) in [5.41, 5.74) is 2.80. The van der Waals surface area contributed by atoms with Crippen molar-refractivity contribution in [2.75, 3.05) is 20.3 Å². The summed E-state index contributed by atoms with van der Waals surface area (Å²) in [6.45, 7) is 10.8. The number of hydrogen-bond donors (Lipinski definition) is 1. The number of pyridine rings is 1. The molecule has 208 valence electrons. The van der Waals surface area contributed by atoms with Gasteiger partial charge >= 0.3 is 5.97 Å². The fraction of sp³-hybridized carbons (Fsp3) is 0.323. The average Bonchev–Trinajstić information content (AvgIpc) is 2.93. The Labute approximate surface area is 243 Å². The zero-order valence-electron chi connectivity index (χ0n) is 22.2. The van der Waals surface area contributed by atoms with Crippen LogP contribution in [0.1, 0.15) is 31.2 Å². The van der Waals surface area contributed by atoms with E-state index in [1.165, 1.54) is 0 Å². The summed E-state index contributed by atoms with van der Waals surface area (Å²) in [4.78, 5) is 30.4. The molecule has 39 heavy (non-hydrogen) atoms. The zero-order chi connectivity index (χ0) is 27.1. The van der Waals surface area contributed by atoms with Gasteiger partial charge in [0.1, 0.15) is 6.10 Å². The Morgan fingerprint density at radius 3 is 2.51 bits per heavy atom. The normalized spacial score (nSPS) is 21.1. The Morgan fingerprint density at radius 1 is 1.10 bits per heavy atom. The van der Waals surface area contributed by atoms with E-state index in [0.29, 0.717) is 37.3 Å². The topological polar surface area (TPSA) is 86.8 Å². The van der Waals surface area contributed by atoms with Crippen LogP contribution in [0.15, 0.2) is 72.1 Å². The van der Waals surface area contributed by atoms with Crippen LogP contribution in [-0.2, 0) is 38.9 Å². The number of benzene rings is 2. The van der Waals surface area contributed by atoms with Crippen LogP contribution in [0, 0.1) is 25.8 Å². The first-order chi connectivity index (χ1) is 18.4. The van der Waals surface area contributed by atoms with E-state index in [1.807, 2.05) is 61.5 Å². The van der Waals surface area contributed by atoms with Gasteiger partial charge in [-0.05, 0) is 36.3 Å².